The van der Waals surface area contributed by atoms with Crippen LogP contribution in [0.2, 0.25) is 0 Å². The van der Waals surface area contributed by atoms with Crippen molar-refractivity contribution in [2.24, 2.45) is 5.92 Å². The number of ketones is 1. The number of hydrogen-bond acceptors (Lipinski definition) is 4. The summed E-state index contributed by atoms with van der Waals surface area (Å²) in [7, 11) is 4.02. The Morgan fingerprint density at radius 2 is 2.21 bits per heavy atom. The van der Waals surface area contributed by atoms with Gasteiger partial charge in [-0.2, -0.15) is 16.9 Å². The molecule has 0 N–H and O–H groups in total. The van der Waals surface area contributed by atoms with E-state index in [9.17, 15) is 4.79 Å². The average Bonchev–Trinajstić information content (AvgIpc) is 2.67. The minimum atomic E-state index is 0.147. The van der Waals surface area contributed by atoms with Crippen molar-refractivity contribution in [3.05, 3.63) is 16.4 Å². The monoisotopic (exact) mass is 347 g/mol. The third kappa shape index (κ3) is 5.67. The summed E-state index contributed by atoms with van der Waals surface area (Å²) in [5, 5.41) is 4.26. The van der Waals surface area contributed by atoms with E-state index in [2.05, 4.69) is 39.8 Å². The van der Waals surface area contributed by atoms with Crippen LogP contribution in [-0.4, -0.2) is 52.6 Å². The smallest absolute Gasteiger partial charge is 0.191 e. The first-order chi connectivity index (χ1) is 8.91. The second-order valence-corrected chi connectivity index (χ2v) is 7.08. The molecule has 0 saturated heterocycles. The molecule has 0 spiro atoms. The molecule has 0 saturated carbocycles. The molecule has 0 aliphatic heterocycles. The first-order valence-corrected chi connectivity index (χ1v) is 8.33. The summed E-state index contributed by atoms with van der Waals surface area (Å²) in [6.07, 6.45) is 1.70. The van der Waals surface area contributed by atoms with Crippen LogP contribution in [0, 0.1) is 5.92 Å². The molecule has 1 rings (SSSR count). The Morgan fingerprint density at radius 1 is 1.53 bits per heavy atom. The summed E-state index contributed by atoms with van der Waals surface area (Å²) < 4.78 is 2.59. The van der Waals surface area contributed by atoms with Crippen molar-refractivity contribution in [1.29, 1.82) is 0 Å². The predicted octanol–water partition coefficient (Wildman–Crippen LogP) is 2.78. The van der Waals surface area contributed by atoms with Crippen LogP contribution in [0.4, 0.5) is 0 Å². The van der Waals surface area contributed by atoms with Gasteiger partial charge in [0.05, 0.1) is 23.0 Å². The number of carbonyl (C=O) groups is 1. The van der Waals surface area contributed by atoms with E-state index >= 15 is 0 Å². The van der Waals surface area contributed by atoms with E-state index in [4.69, 9.17) is 0 Å². The van der Waals surface area contributed by atoms with Crippen LogP contribution < -0.4 is 0 Å². The molecule has 0 fully saturated rings. The number of likely N-dealkylation sites (N-methyl/N-ethyl adjacent to an activating group) is 1. The zero-order chi connectivity index (χ0) is 14.4. The molecule has 0 aromatic carbocycles. The fourth-order valence-corrected chi connectivity index (χ4v) is 2.99. The maximum atomic E-state index is 12.2. The third-order valence-electron chi connectivity index (χ3n) is 2.50. The lowest BCUT2D eigenvalue weighted by Crippen LogP contribution is -2.22. The van der Waals surface area contributed by atoms with Gasteiger partial charge in [-0.25, -0.2) is 0 Å². The fraction of sp³-hybridized carbons (Fsp3) is 0.692. The summed E-state index contributed by atoms with van der Waals surface area (Å²) >= 11 is 5.11. The molecule has 4 nitrogen and oxygen atoms in total. The Bertz CT molecular complexity index is 418. The molecule has 19 heavy (non-hydrogen) atoms. The topological polar surface area (TPSA) is 38.1 Å². The highest BCUT2D eigenvalue weighted by Crippen LogP contribution is 2.19. The lowest BCUT2D eigenvalue weighted by atomic mass is 10.3. The number of carbonyl (C=O) groups excluding carboxylic acids is 1. The van der Waals surface area contributed by atoms with E-state index in [0.29, 0.717) is 17.4 Å². The third-order valence-corrected chi connectivity index (χ3v) is 4.45. The molecule has 0 unspecified atom stereocenters. The summed E-state index contributed by atoms with van der Waals surface area (Å²) in [5.41, 5.74) is 0.693. The number of hydrogen-bond donors (Lipinski definition) is 0. The maximum Gasteiger partial charge on any atom is 0.191 e. The highest BCUT2D eigenvalue weighted by Gasteiger charge is 2.17. The number of aromatic nitrogens is 2. The molecule has 0 aliphatic rings. The number of rotatable bonds is 8. The number of nitrogens with zero attached hydrogens (tertiary/aromatic N) is 3. The van der Waals surface area contributed by atoms with Crippen LogP contribution in [-0.2, 0) is 6.54 Å². The van der Waals surface area contributed by atoms with Crippen molar-refractivity contribution in [2.45, 2.75) is 20.4 Å². The molecule has 6 heteroatoms. The minimum absolute atomic E-state index is 0.147. The van der Waals surface area contributed by atoms with Gasteiger partial charge >= 0.3 is 0 Å². The first-order valence-electron chi connectivity index (χ1n) is 6.38. The van der Waals surface area contributed by atoms with Crippen molar-refractivity contribution >= 4 is 33.5 Å². The van der Waals surface area contributed by atoms with Crippen LogP contribution in [0.3, 0.4) is 0 Å². The fourth-order valence-electron chi connectivity index (χ4n) is 1.56. The van der Waals surface area contributed by atoms with E-state index in [-0.39, 0.29) is 5.78 Å². The average molecular weight is 348 g/mol. The predicted molar refractivity (Wildman–Crippen MR) is 85.0 cm³/mol. The normalized spacial score (nSPS) is 11.5. The van der Waals surface area contributed by atoms with Crippen molar-refractivity contribution in [2.75, 3.05) is 32.1 Å². The van der Waals surface area contributed by atoms with E-state index in [1.807, 2.05) is 14.1 Å². The van der Waals surface area contributed by atoms with Gasteiger partial charge in [0.1, 0.15) is 5.69 Å². The Hall–Kier alpha value is -0.330. The lowest BCUT2D eigenvalue weighted by Gasteiger charge is -2.12. The van der Waals surface area contributed by atoms with Crippen molar-refractivity contribution in [1.82, 2.24) is 14.7 Å². The van der Waals surface area contributed by atoms with Gasteiger partial charge in [0.25, 0.3) is 0 Å². The van der Waals surface area contributed by atoms with Crippen molar-refractivity contribution < 1.29 is 4.79 Å². The Kier molecular flexibility index (Phi) is 7.10. The zero-order valence-electron chi connectivity index (χ0n) is 12.0. The first kappa shape index (κ1) is 16.7. The number of Topliss-reactive ketones (excluding diaryl/α,β-unsaturated/α-hetero) is 1. The van der Waals surface area contributed by atoms with Crippen molar-refractivity contribution in [3.63, 3.8) is 0 Å². The molecule has 0 atom stereocenters. The van der Waals surface area contributed by atoms with Gasteiger partial charge in [0, 0.05) is 6.54 Å². The van der Waals surface area contributed by atoms with Crippen LogP contribution >= 0.6 is 27.7 Å². The van der Waals surface area contributed by atoms with Crippen LogP contribution in [0.5, 0.6) is 0 Å². The second-order valence-electron chi connectivity index (χ2n) is 5.20. The van der Waals surface area contributed by atoms with E-state index in [1.165, 1.54) is 0 Å². The largest absolute Gasteiger partial charge is 0.308 e. The highest BCUT2D eigenvalue weighted by atomic mass is 79.9. The molecular weight excluding hydrogens is 326 g/mol. The minimum Gasteiger partial charge on any atom is -0.308 e. The number of halogens is 1. The summed E-state index contributed by atoms with van der Waals surface area (Å²) in [6, 6.07) is 0. The molecule has 1 aromatic heterocycles. The molecule has 0 bridgehead atoms. The van der Waals surface area contributed by atoms with Crippen LogP contribution in [0.1, 0.15) is 24.3 Å². The zero-order valence-corrected chi connectivity index (χ0v) is 14.4. The Morgan fingerprint density at radius 3 is 2.79 bits per heavy atom. The van der Waals surface area contributed by atoms with Gasteiger partial charge in [0.2, 0.25) is 0 Å². The second kappa shape index (κ2) is 8.07. The van der Waals surface area contributed by atoms with Gasteiger partial charge in [-0.05, 0) is 41.7 Å². The lowest BCUT2D eigenvalue weighted by molar-refractivity contribution is 0.101. The van der Waals surface area contributed by atoms with E-state index in [0.717, 1.165) is 23.3 Å². The van der Waals surface area contributed by atoms with E-state index < -0.39 is 0 Å². The molecule has 0 amide bonds. The van der Waals surface area contributed by atoms with Gasteiger partial charge in [-0.3, -0.25) is 9.48 Å². The SMILES string of the molecule is CC(C)CSCC(=O)c1c(Br)cnn1CCN(C)C. The van der Waals surface area contributed by atoms with Gasteiger partial charge in [0.15, 0.2) is 5.78 Å². The van der Waals surface area contributed by atoms with Crippen molar-refractivity contribution in [3.8, 4) is 0 Å². The van der Waals surface area contributed by atoms with E-state index in [1.54, 1.807) is 22.6 Å². The van der Waals surface area contributed by atoms with Crippen LogP contribution in [0.25, 0.3) is 0 Å². The highest BCUT2D eigenvalue weighted by molar-refractivity contribution is 9.10. The molecule has 1 heterocycles. The number of thioether (sulfide) groups is 1. The summed E-state index contributed by atoms with van der Waals surface area (Å²) in [5.74, 6) is 2.29. The van der Waals surface area contributed by atoms with Gasteiger partial charge in [-0.1, -0.05) is 13.8 Å². The molecule has 1 aromatic rings. The van der Waals surface area contributed by atoms with Gasteiger partial charge in [-0.15, -0.1) is 0 Å². The summed E-state index contributed by atoms with van der Waals surface area (Å²) in [4.78, 5) is 14.3. The molecule has 0 aliphatic carbocycles. The quantitative estimate of drug-likeness (QED) is 0.677. The Labute approximate surface area is 128 Å². The maximum absolute atomic E-state index is 12.2. The van der Waals surface area contributed by atoms with Gasteiger partial charge < -0.3 is 4.90 Å². The molecule has 0 radical (unpaired) electrons. The standard InChI is InChI=1S/C13H22BrN3OS/c1-10(2)8-19-9-12(18)13-11(14)7-15-17(13)6-5-16(3)4/h7,10H,5-6,8-9H2,1-4H3. The Balaban J connectivity index is 2.64. The molecular formula is C13H22BrN3OS. The molecule has 108 valence electrons. The van der Waals surface area contributed by atoms with Crippen LogP contribution in [0.15, 0.2) is 10.7 Å². The summed E-state index contributed by atoms with van der Waals surface area (Å²) in [6.45, 7) is 5.92.